The van der Waals surface area contributed by atoms with Gasteiger partial charge in [-0.15, -0.1) is 11.3 Å². The highest BCUT2D eigenvalue weighted by Crippen LogP contribution is 2.20. The van der Waals surface area contributed by atoms with Gasteiger partial charge < -0.3 is 0 Å². The fraction of sp³-hybridized carbons (Fsp3) is 0.400. The average molecular weight is 324 g/mol. The molecule has 21 heavy (non-hydrogen) atoms. The predicted molar refractivity (Wildman–Crippen MR) is 86.0 cm³/mol. The third-order valence-electron chi connectivity index (χ3n) is 3.48. The van der Waals surface area contributed by atoms with E-state index in [9.17, 15) is 8.42 Å². The SMILES string of the molecule is CCC(C)c1ccc(S(=O)(=O)NCc2cnc(C)s2)cc1. The van der Waals surface area contributed by atoms with E-state index < -0.39 is 10.0 Å². The van der Waals surface area contributed by atoms with Crippen LogP contribution >= 0.6 is 11.3 Å². The number of hydrogen-bond donors (Lipinski definition) is 1. The lowest BCUT2D eigenvalue weighted by molar-refractivity contribution is 0.581. The standard InChI is InChI=1S/C15H20N2O2S2/c1-4-11(2)13-5-7-15(8-6-13)21(18,19)17-10-14-9-16-12(3)20-14/h5-9,11,17H,4,10H2,1-3H3. The lowest BCUT2D eigenvalue weighted by Gasteiger charge is -2.10. The van der Waals surface area contributed by atoms with Crippen molar-refractivity contribution < 1.29 is 8.42 Å². The van der Waals surface area contributed by atoms with Crippen LogP contribution in [0.15, 0.2) is 35.4 Å². The summed E-state index contributed by atoms with van der Waals surface area (Å²) in [7, 11) is -3.47. The maximum atomic E-state index is 12.2. The monoisotopic (exact) mass is 324 g/mol. The van der Waals surface area contributed by atoms with Gasteiger partial charge in [0, 0.05) is 17.6 Å². The highest BCUT2D eigenvalue weighted by molar-refractivity contribution is 7.89. The van der Waals surface area contributed by atoms with Gasteiger partial charge in [-0.05, 0) is 37.0 Å². The first-order valence-electron chi connectivity index (χ1n) is 6.93. The number of sulfonamides is 1. The Labute approximate surface area is 130 Å². The molecule has 0 aliphatic heterocycles. The topological polar surface area (TPSA) is 59.1 Å². The van der Waals surface area contributed by atoms with Crippen molar-refractivity contribution in [3.63, 3.8) is 0 Å². The quantitative estimate of drug-likeness (QED) is 0.885. The number of aryl methyl sites for hydroxylation is 1. The molecule has 0 amide bonds. The van der Waals surface area contributed by atoms with Crippen LogP contribution in [0.3, 0.4) is 0 Å². The third kappa shape index (κ3) is 4.12. The molecule has 1 aromatic heterocycles. The van der Waals surface area contributed by atoms with Crippen molar-refractivity contribution in [3.8, 4) is 0 Å². The van der Waals surface area contributed by atoms with Gasteiger partial charge in [-0.3, -0.25) is 0 Å². The lowest BCUT2D eigenvalue weighted by Crippen LogP contribution is -2.22. The van der Waals surface area contributed by atoms with E-state index >= 15 is 0 Å². The second-order valence-corrected chi connectivity index (χ2v) is 8.13. The molecular weight excluding hydrogens is 304 g/mol. The Morgan fingerprint density at radius 1 is 1.29 bits per heavy atom. The first kappa shape index (κ1) is 16.1. The van der Waals surface area contributed by atoms with E-state index in [1.54, 1.807) is 18.3 Å². The van der Waals surface area contributed by atoms with Gasteiger partial charge in [0.15, 0.2) is 0 Å². The van der Waals surface area contributed by atoms with Crippen molar-refractivity contribution in [1.82, 2.24) is 9.71 Å². The maximum absolute atomic E-state index is 12.2. The molecule has 6 heteroatoms. The summed E-state index contributed by atoms with van der Waals surface area (Å²) < 4.78 is 27.1. The fourth-order valence-corrected chi connectivity index (χ4v) is 3.78. The van der Waals surface area contributed by atoms with E-state index in [0.717, 1.165) is 21.9 Å². The first-order chi connectivity index (χ1) is 9.92. The predicted octanol–water partition coefficient (Wildman–Crippen LogP) is 3.44. The van der Waals surface area contributed by atoms with Gasteiger partial charge in [-0.1, -0.05) is 26.0 Å². The van der Waals surface area contributed by atoms with Crippen LogP contribution in [0.4, 0.5) is 0 Å². The summed E-state index contributed by atoms with van der Waals surface area (Å²) in [5, 5.41) is 0.933. The average Bonchev–Trinajstić information content (AvgIpc) is 2.90. The second kappa shape index (κ2) is 6.68. The first-order valence-corrected chi connectivity index (χ1v) is 9.23. The van der Waals surface area contributed by atoms with Crippen molar-refractivity contribution in [2.24, 2.45) is 0 Å². The van der Waals surface area contributed by atoms with Gasteiger partial charge >= 0.3 is 0 Å². The zero-order chi connectivity index (χ0) is 15.5. The minimum Gasteiger partial charge on any atom is -0.250 e. The number of aromatic nitrogens is 1. The number of hydrogen-bond acceptors (Lipinski definition) is 4. The number of thiazole rings is 1. The molecule has 0 aliphatic rings. The molecule has 2 aromatic rings. The van der Waals surface area contributed by atoms with Gasteiger partial charge in [-0.2, -0.15) is 0 Å². The molecule has 4 nitrogen and oxygen atoms in total. The smallest absolute Gasteiger partial charge is 0.240 e. The number of nitrogens with zero attached hydrogens (tertiary/aromatic N) is 1. The molecule has 0 spiro atoms. The number of rotatable bonds is 6. The lowest BCUT2D eigenvalue weighted by atomic mass is 9.99. The molecule has 0 saturated carbocycles. The summed E-state index contributed by atoms with van der Waals surface area (Å²) in [6, 6.07) is 7.11. The Morgan fingerprint density at radius 2 is 1.95 bits per heavy atom. The minimum atomic E-state index is -3.47. The molecule has 0 bridgehead atoms. The Kier molecular flexibility index (Phi) is 5.13. The van der Waals surface area contributed by atoms with Crippen molar-refractivity contribution in [1.29, 1.82) is 0 Å². The highest BCUT2D eigenvalue weighted by atomic mass is 32.2. The molecule has 1 heterocycles. The van der Waals surface area contributed by atoms with Crippen molar-refractivity contribution in [2.75, 3.05) is 0 Å². The molecule has 114 valence electrons. The van der Waals surface area contributed by atoms with E-state index in [2.05, 4.69) is 23.6 Å². The van der Waals surface area contributed by atoms with Crippen LogP contribution in [-0.4, -0.2) is 13.4 Å². The summed E-state index contributed by atoms with van der Waals surface area (Å²) in [4.78, 5) is 5.33. The van der Waals surface area contributed by atoms with E-state index in [1.807, 2.05) is 19.1 Å². The summed E-state index contributed by atoms with van der Waals surface area (Å²) in [6.45, 7) is 6.43. The van der Waals surface area contributed by atoms with Crippen molar-refractivity contribution in [3.05, 3.63) is 45.9 Å². The van der Waals surface area contributed by atoms with Gasteiger partial charge in [0.05, 0.1) is 9.90 Å². The molecule has 0 aliphatic carbocycles. The molecule has 1 N–H and O–H groups in total. The summed E-state index contributed by atoms with van der Waals surface area (Å²) >= 11 is 1.49. The summed E-state index contributed by atoms with van der Waals surface area (Å²) in [6.07, 6.45) is 2.74. The second-order valence-electron chi connectivity index (χ2n) is 5.05. The molecule has 1 atom stereocenters. The van der Waals surface area contributed by atoms with Crippen LogP contribution in [0.25, 0.3) is 0 Å². The Hall–Kier alpha value is -1.24. The molecule has 1 aromatic carbocycles. The largest absolute Gasteiger partial charge is 0.250 e. The third-order valence-corrected chi connectivity index (χ3v) is 5.81. The zero-order valence-electron chi connectivity index (χ0n) is 12.5. The van der Waals surface area contributed by atoms with Crippen molar-refractivity contribution in [2.45, 2.75) is 44.6 Å². The molecule has 0 fully saturated rings. The minimum absolute atomic E-state index is 0.279. The molecular formula is C15H20N2O2S2. The molecule has 2 rings (SSSR count). The van der Waals surface area contributed by atoms with Crippen LogP contribution in [-0.2, 0) is 16.6 Å². The van der Waals surface area contributed by atoms with Crippen LogP contribution in [0.5, 0.6) is 0 Å². The maximum Gasteiger partial charge on any atom is 0.240 e. The molecule has 1 unspecified atom stereocenters. The van der Waals surface area contributed by atoms with Gasteiger partial charge in [-0.25, -0.2) is 18.1 Å². The normalized spacial score (nSPS) is 13.3. The number of nitrogens with one attached hydrogen (secondary N) is 1. The van der Waals surface area contributed by atoms with Crippen LogP contribution < -0.4 is 4.72 Å². The van der Waals surface area contributed by atoms with Gasteiger partial charge in [0.2, 0.25) is 10.0 Å². The Bertz CT molecular complexity index is 691. The van der Waals surface area contributed by atoms with Gasteiger partial charge in [0.25, 0.3) is 0 Å². The van der Waals surface area contributed by atoms with Gasteiger partial charge in [0.1, 0.15) is 0 Å². The zero-order valence-corrected chi connectivity index (χ0v) is 14.1. The van der Waals surface area contributed by atoms with E-state index in [0.29, 0.717) is 10.8 Å². The fourth-order valence-electron chi connectivity index (χ4n) is 1.95. The van der Waals surface area contributed by atoms with E-state index in [4.69, 9.17) is 0 Å². The van der Waals surface area contributed by atoms with Crippen molar-refractivity contribution >= 4 is 21.4 Å². The highest BCUT2D eigenvalue weighted by Gasteiger charge is 2.14. The van der Waals surface area contributed by atoms with E-state index in [-0.39, 0.29) is 6.54 Å². The van der Waals surface area contributed by atoms with Crippen LogP contribution in [0.1, 0.15) is 41.6 Å². The summed E-state index contributed by atoms with van der Waals surface area (Å²) in [5.74, 6) is 0.440. The summed E-state index contributed by atoms with van der Waals surface area (Å²) in [5.41, 5.74) is 1.16. The molecule has 0 radical (unpaired) electrons. The van der Waals surface area contributed by atoms with Crippen LogP contribution in [0.2, 0.25) is 0 Å². The van der Waals surface area contributed by atoms with Crippen LogP contribution in [0, 0.1) is 6.92 Å². The molecule has 0 saturated heterocycles. The number of benzene rings is 1. The Morgan fingerprint density at radius 3 is 2.48 bits per heavy atom. The Balaban J connectivity index is 2.08. The van der Waals surface area contributed by atoms with E-state index in [1.165, 1.54) is 11.3 Å².